The van der Waals surface area contributed by atoms with Gasteiger partial charge in [-0.05, 0) is 53.1 Å². The molecular weight excluding hydrogens is 487 g/mol. The Morgan fingerprint density at radius 2 is 1.38 bits per heavy atom. The van der Waals surface area contributed by atoms with Gasteiger partial charge in [0.1, 0.15) is 5.78 Å². The minimum atomic E-state index is -0.000602. The number of carbonyl (C=O) groups is 4. The van der Waals surface area contributed by atoms with Crippen molar-refractivity contribution < 1.29 is 19.2 Å². The Morgan fingerprint density at radius 1 is 0.931 bits per heavy atom. The average Bonchev–Trinajstić information content (AvgIpc) is 2.61. The summed E-state index contributed by atoms with van der Waals surface area (Å²) in [5.74, 6) is 0.519. The Balaban J connectivity index is -0.000000390. The van der Waals surface area contributed by atoms with Gasteiger partial charge < -0.3 is 21.3 Å². The van der Waals surface area contributed by atoms with Crippen molar-refractivity contribution in [3.8, 4) is 0 Å². The fraction of sp³-hybridized carbons (Fsp3) is 0.600. The average molecular weight is 524 g/mol. The van der Waals surface area contributed by atoms with Crippen LogP contribution in [0.3, 0.4) is 0 Å². The molecule has 0 saturated heterocycles. The second-order valence-electron chi connectivity index (χ2n) is 6.34. The molecule has 0 aromatic heterocycles. The number of hydrogen-bond acceptors (Lipinski definition) is 6. The maximum absolute atomic E-state index is 11.2. The summed E-state index contributed by atoms with van der Waals surface area (Å²) in [6.07, 6.45) is 5.32. The third kappa shape index (κ3) is 20.9. The third-order valence-electron chi connectivity index (χ3n) is 3.83. The molecule has 0 radical (unpaired) electrons. The fourth-order valence-electron chi connectivity index (χ4n) is 2.03. The monoisotopic (exact) mass is 524 g/mol. The maximum atomic E-state index is 11.2. The largest absolute Gasteiger partial charge is 0.353 e. The maximum Gasteiger partial charge on any atom is 0.225 e. The lowest BCUT2D eigenvalue weighted by atomic mass is 9.78. The van der Waals surface area contributed by atoms with Crippen LogP contribution in [0.2, 0.25) is 0 Å². The van der Waals surface area contributed by atoms with Crippen LogP contribution >= 0.6 is 24.0 Å². The zero-order valence-corrected chi connectivity index (χ0v) is 20.3. The van der Waals surface area contributed by atoms with Crippen molar-refractivity contribution in [2.24, 2.45) is 5.92 Å². The molecule has 168 valence electrons. The molecule has 1 fully saturated rings. The van der Waals surface area contributed by atoms with Gasteiger partial charge in [0.15, 0.2) is 5.78 Å². The molecule has 0 aromatic rings. The first-order valence-electron chi connectivity index (χ1n) is 9.33. The highest BCUT2D eigenvalue weighted by Crippen LogP contribution is 2.27. The number of nitrogens with one attached hydrogen (secondary N) is 4. The van der Waals surface area contributed by atoms with Gasteiger partial charge in [0, 0.05) is 37.9 Å². The first-order chi connectivity index (χ1) is 13.2. The van der Waals surface area contributed by atoms with E-state index in [1.807, 2.05) is 7.05 Å². The minimum Gasteiger partial charge on any atom is -0.353 e. The van der Waals surface area contributed by atoms with Gasteiger partial charge in [0.25, 0.3) is 0 Å². The Bertz CT molecular complexity index is 521. The highest BCUT2D eigenvalue weighted by molar-refractivity contribution is 14.0. The van der Waals surface area contributed by atoms with Gasteiger partial charge in [0.05, 0.1) is 0 Å². The highest BCUT2D eigenvalue weighted by atomic mass is 127. The summed E-state index contributed by atoms with van der Waals surface area (Å²) in [7, 11) is 3.63. The number of rotatable bonds is 10. The van der Waals surface area contributed by atoms with E-state index in [2.05, 4.69) is 34.4 Å². The summed E-state index contributed by atoms with van der Waals surface area (Å²) in [6, 6.07) is 0.230. The topological polar surface area (TPSA) is 116 Å². The van der Waals surface area contributed by atoms with E-state index in [-0.39, 0.29) is 59.3 Å². The third-order valence-corrected chi connectivity index (χ3v) is 3.83. The molecule has 1 aliphatic rings. The molecule has 8 nitrogen and oxygen atoms in total. The number of hydrogen-bond donors (Lipinski definition) is 4. The molecule has 0 unspecified atom stereocenters. The summed E-state index contributed by atoms with van der Waals surface area (Å²) < 4.78 is 0. The van der Waals surface area contributed by atoms with Gasteiger partial charge in [-0.3, -0.25) is 19.2 Å². The van der Waals surface area contributed by atoms with Crippen molar-refractivity contribution in [2.45, 2.75) is 45.6 Å². The van der Waals surface area contributed by atoms with Crippen molar-refractivity contribution in [3.63, 3.8) is 0 Å². The predicted octanol–water partition coefficient (Wildman–Crippen LogP) is 1.31. The van der Waals surface area contributed by atoms with Gasteiger partial charge >= 0.3 is 0 Å². The molecule has 0 aromatic carbocycles. The van der Waals surface area contributed by atoms with E-state index in [9.17, 15) is 19.2 Å². The Labute approximate surface area is 191 Å². The van der Waals surface area contributed by atoms with Crippen LogP contribution in [0.5, 0.6) is 0 Å². The number of Topliss-reactive ketones (excluding diaryl/α,β-unsaturated/α-hetero) is 1. The lowest BCUT2D eigenvalue weighted by Crippen LogP contribution is -2.46. The molecule has 0 aliphatic heterocycles. The highest BCUT2D eigenvalue weighted by Gasteiger charge is 2.32. The molecular formula is C20H37IN4O4. The fourth-order valence-corrected chi connectivity index (χ4v) is 2.03. The van der Waals surface area contributed by atoms with Crippen LogP contribution in [0.15, 0.2) is 25.4 Å². The van der Waals surface area contributed by atoms with E-state index in [4.69, 9.17) is 0 Å². The van der Waals surface area contributed by atoms with Gasteiger partial charge in [-0.25, -0.2) is 0 Å². The predicted molar refractivity (Wildman–Crippen MR) is 127 cm³/mol. The Kier molecular flexibility index (Phi) is 23.4. The molecule has 2 amide bonds. The molecule has 0 spiro atoms. The molecule has 4 N–H and O–H groups in total. The minimum absolute atomic E-state index is 0. The summed E-state index contributed by atoms with van der Waals surface area (Å²) in [6.45, 7) is 11.1. The number of carbonyl (C=O) groups excluding carboxylic acids is 4. The van der Waals surface area contributed by atoms with Crippen LogP contribution in [-0.2, 0) is 19.2 Å². The van der Waals surface area contributed by atoms with Crippen molar-refractivity contribution >= 4 is 47.4 Å². The molecule has 0 heterocycles. The zero-order valence-electron chi connectivity index (χ0n) is 18.0. The number of amides is 2. The first-order valence-corrected chi connectivity index (χ1v) is 9.33. The molecule has 0 bridgehead atoms. The van der Waals surface area contributed by atoms with E-state index in [0.29, 0.717) is 25.9 Å². The van der Waals surface area contributed by atoms with Crippen LogP contribution in [-0.4, -0.2) is 56.6 Å². The van der Waals surface area contributed by atoms with E-state index in [0.717, 1.165) is 12.8 Å². The quantitative estimate of drug-likeness (QED) is 0.253. The molecule has 1 rings (SSSR count). The second-order valence-corrected chi connectivity index (χ2v) is 6.34. The first kappa shape index (κ1) is 32.1. The van der Waals surface area contributed by atoms with Gasteiger partial charge in [-0.1, -0.05) is 13.2 Å². The van der Waals surface area contributed by atoms with Gasteiger partial charge in [0.2, 0.25) is 11.8 Å². The lowest BCUT2D eigenvalue weighted by molar-refractivity contribution is -0.127. The number of halogens is 1. The number of allylic oxidation sites excluding steroid dienone is 1. The summed E-state index contributed by atoms with van der Waals surface area (Å²) in [5.41, 5.74) is 0. The van der Waals surface area contributed by atoms with Crippen molar-refractivity contribution in [1.29, 1.82) is 0 Å². The van der Waals surface area contributed by atoms with Crippen LogP contribution in [0.25, 0.3) is 0 Å². The second kappa shape index (κ2) is 21.1. The van der Waals surface area contributed by atoms with E-state index in [1.54, 1.807) is 14.0 Å². The Hall–Kier alpha value is -1.59. The van der Waals surface area contributed by atoms with Crippen LogP contribution in [0.4, 0.5) is 0 Å². The lowest BCUT2D eigenvalue weighted by Gasteiger charge is -2.34. The van der Waals surface area contributed by atoms with E-state index >= 15 is 0 Å². The van der Waals surface area contributed by atoms with E-state index < -0.39 is 0 Å². The van der Waals surface area contributed by atoms with Crippen LogP contribution in [0.1, 0.15) is 39.5 Å². The summed E-state index contributed by atoms with van der Waals surface area (Å²) in [5, 5.41) is 11.2. The number of ketones is 2. The van der Waals surface area contributed by atoms with Gasteiger partial charge in [-0.2, -0.15) is 0 Å². The van der Waals surface area contributed by atoms with Crippen molar-refractivity contribution in [2.75, 3.05) is 27.2 Å². The Morgan fingerprint density at radius 3 is 1.72 bits per heavy atom. The van der Waals surface area contributed by atoms with Crippen LogP contribution in [0, 0.1) is 5.92 Å². The van der Waals surface area contributed by atoms with Gasteiger partial charge in [-0.15, -0.1) is 24.0 Å². The SMILES string of the molecule is C=CC(C)=O.C=CNC(=O)CCNC.CNCCC(=O)NC1CC(C(C)=O)C1.I. The standard InChI is InChI=1S/C10H18N2O2.C6H12N2O.C4H6O.HI/c1-7(13)8-5-9(6-8)12-10(14)3-4-11-2;1-3-8-6(9)4-5-7-2;1-3-4(2)5;/h8-9,11H,3-6H2,1-2H3,(H,12,14);3,7H,1,4-5H2,2H3,(H,8,9);3H,1H2,2H3;1H. The molecule has 9 heteroatoms. The van der Waals surface area contributed by atoms with Crippen molar-refractivity contribution in [1.82, 2.24) is 21.3 Å². The molecule has 29 heavy (non-hydrogen) atoms. The molecule has 1 aliphatic carbocycles. The smallest absolute Gasteiger partial charge is 0.225 e. The normalized spacial score (nSPS) is 16.0. The zero-order chi connectivity index (χ0) is 21.9. The molecule has 0 atom stereocenters. The summed E-state index contributed by atoms with van der Waals surface area (Å²) >= 11 is 0. The van der Waals surface area contributed by atoms with Crippen molar-refractivity contribution in [3.05, 3.63) is 25.4 Å². The van der Waals surface area contributed by atoms with Crippen LogP contribution < -0.4 is 21.3 Å². The molecule has 1 saturated carbocycles. The summed E-state index contributed by atoms with van der Waals surface area (Å²) in [4.78, 5) is 42.4. The van der Waals surface area contributed by atoms with E-state index in [1.165, 1.54) is 19.2 Å².